The predicted octanol–water partition coefficient (Wildman–Crippen LogP) is 7.48. The van der Waals surface area contributed by atoms with Crippen molar-refractivity contribution in [2.75, 3.05) is 11.9 Å². The number of halogens is 1. The van der Waals surface area contributed by atoms with Crippen molar-refractivity contribution in [2.24, 2.45) is 5.92 Å². The van der Waals surface area contributed by atoms with E-state index in [-0.39, 0.29) is 35.6 Å². The van der Waals surface area contributed by atoms with Crippen molar-refractivity contribution in [3.63, 3.8) is 0 Å². The third-order valence-corrected chi connectivity index (χ3v) is 10.9. The number of fused-ring (bicyclic) bond motifs is 2. The normalized spacial score (nSPS) is 17.7. The molecule has 0 saturated carbocycles. The maximum atomic E-state index is 14.3. The van der Waals surface area contributed by atoms with E-state index in [4.69, 9.17) is 0 Å². The molecule has 240 valence electrons. The number of anilines is 1. The summed E-state index contributed by atoms with van der Waals surface area (Å²) < 4.78 is 41.0. The number of carbonyl (C=O) groups excluding carboxylic acids is 1. The summed E-state index contributed by atoms with van der Waals surface area (Å²) in [6.07, 6.45) is 4.05. The van der Waals surface area contributed by atoms with Crippen LogP contribution in [-0.4, -0.2) is 45.8 Å². The van der Waals surface area contributed by atoms with Gasteiger partial charge in [-0.05, 0) is 96.8 Å². The molecule has 5 aromatic rings. The van der Waals surface area contributed by atoms with E-state index in [2.05, 4.69) is 33.6 Å². The number of nitrogens with zero attached hydrogens (tertiary/aromatic N) is 5. The zero-order chi connectivity index (χ0) is 32.6. The third-order valence-electron chi connectivity index (χ3n) is 8.88. The highest BCUT2D eigenvalue weighted by atomic mass is 32.3. The van der Waals surface area contributed by atoms with Crippen LogP contribution in [0.1, 0.15) is 59.6 Å². The lowest BCUT2D eigenvalue weighted by molar-refractivity contribution is -0.116. The first kappa shape index (κ1) is 31.8. The van der Waals surface area contributed by atoms with Gasteiger partial charge in [-0.1, -0.05) is 42.5 Å². The Morgan fingerprint density at radius 3 is 2.72 bits per heavy atom. The van der Waals surface area contributed by atoms with E-state index in [0.29, 0.717) is 25.2 Å². The molecule has 6 rings (SSSR count). The van der Waals surface area contributed by atoms with Crippen LogP contribution in [-0.2, 0) is 24.3 Å². The second-order valence-corrected chi connectivity index (χ2v) is 14.2. The molecule has 1 amide bonds. The highest BCUT2D eigenvalue weighted by molar-refractivity contribution is 8.22. The Hall–Kier alpha value is -4.16. The van der Waals surface area contributed by atoms with E-state index in [1.54, 1.807) is 34.9 Å². The van der Waals surface area contributed by atoms with E-state index in [9.17, 15) is 18.3 Å². The van der Waals surface area contributed by atoms with Crippen LogP contribution in [0.25, 0.3) is 11.0 Å². The Labute approximate surface area is 270 Å². The summed E-state index contributed by atoms with van der Waals surface area (Å²) in [6.45, 7) is 9.46. The zero-order valence-electron chi connectivity index (χ0n) is 26.4. The van der Waals surface area contributed by atoms with Crippen molar-refractivity contribution in [3.8, 4) is 0 Å². The van der Waals surface area contributed by atoms with Gasteiger partial charge in [-0.25, -0.2) is 9.07 Å². The Balaban J connectivity index is 1.39. The number of aryl methyl sites for hydroxylation is 3. The number of nitrogens with one attached hydrogen (secondary N) is 1. The summed E-state index contributed by atoms with van der Waals surface area (Å²) >= 11 is 0. The van der Waals surface area contributed by atoms with Gasteiger partial charge in [-0.15, -0.1) is 15.9 Å². The average molecular weight is 643 g/mol. The van der Waals surface area contributed by atoms with Crippen LogP contribution in [0.5, 0.6) is 0 Å². The molecule has 2 unspecified atom stereocenters. The molecule has 0 saturated heterocycles. The predicted molar refractivity (Wildman–Crippen MR) is 179 cm³/mol. The lowest BCUT2D eigenvalue weighted by atomic mass is 9.84. The van der Waals surface area contributed by atoms with Gasteiger partial charge in [-0.2, -0.15) is 4.31 Å². The van der Waals surface area contributed by atoms with Gasteiger partial charge in [0.05, 0.1) is 22.3 Å². The van der Waals surface area contributed by atoms with E-state index >= 15 is 0 Å². The van der Waals surface area contributed by atoms with Gasteiger partial charge in [0.15, 0.2) is 0 Å². The first-order valence-corrected chi connectivity index (χ1v) is 17.0. The Kier molecular flexibility index (Phi) is 8.93. The number of amides is 1. The molecule has 0 aliphatic carbocycles. The van der Waals surface area contributed by atoms with Gasteiger partial charge < -0.3 is 5.32 Å². The summed E-state index contributed by atoms with van der Waals surface area (Å²) in [5.74, 6) is -0.863. The number of aromatic nitrogens is 4. The van der Waals surface area contributed by atoms with Crippen molar-refractivity contribution < 1.29 is 18.3 Å². The number of hydrogen-bond acceptors (Lipinski definition) is 7. The smallest absolute Gasteiger partial charge is 0.225 e. The van der Waals surface area contributed by atoms with Crippen molar-refractivity contribution >= 4 is 33.4 Å². The van der Waals surface area contributed by atoms with Crippen LogP contribution in [0.2, 0.25) is 0 Å². The summed E-state index contributed by atoms with van der Waals surface area (Å²) in [5.41, 5.74) is 7.81. The van der Waals surface area contributed by atoms with E-state index < -0.39 is 16.6 Å². The second-order valence-electron chi connectivity index (χ2n) is 12.2. The third kappa shape index (κ3) is 6.28. The molecule has 0 fully saturated rings. The zero-order valence-corrected chi connectivity index (χ0v) is 27.3. The van der Waals surface area contributed by atoms with E-state index in [0.717, 1.165) is 44.4 Å². The Bertz CT molecular complexity index is 1900. The molecule has 3 heterocycles. The SMILES string of the molecule is CCn1nnc2c(C)c(C(CC(=O)Nc3cccnc3)c3ccc(C)c(CN4CC(C)Cc5ccc(F)cc5S4(O)O)c3)ccc21. The molecule has 3 N–H and O–H groups in total. The molecule has 0 radical (unpaired) electrons. The largest absolute Gasteiger partial charge is 0.325 e. The van der Waals surface area contributed by atoms with Gasteiger partial charge in [-0.3, -0.25) is 18.9 Å². The molecule has 46 heavy (non-hydrogen) atoms. The fourth-order valence-corrected chi connectivity index (χ4v) is 8.27. The number of rotatable bonds is 8. The molecule has 0 bridgehead atoms. The molecule has 3 aromatic carbocycles. The Morgan fingerprint density at radius 2 is 1.96 bits per heavy atom. The van der Waals surface area contributed by atoms with Crippen LogP contribution < -0.4 is 5.32 Å². The highest BCUT2D eigenvalue weighted by Gasteiger charge is 2.34. The fourth-order valence-electron chi connectivity index (χ4n) is 6.44. The van der Waals surface area contributed by atoms with Gasteiger partial charge >= 0.3 is 0 Å². The molecule has 11 heteroatoms. The molecular weight excluding hydrogens is 603 g/mol. The number of benzene rings is 3. The summed E-state index contributed by atoms with van der Waals surface area (Å²) in [6, 6.07) is 18.0. The van der Waals surface area contributed by atoms with Crippen molar-refractivity contribution in [1.82, 2.24) is 24.3 Å². The van der Waals surface area contributed by atoms with Crippen LogP contribution in [0.3, 0.4) is 0 Å². The number of carbonyl (C=O) groups is 1. The van der Waals surface area contributed by atoms with Crippen LogP contribution in [0, 0.1) is 25.6 Å². The minimum absolute atomic E-state index is 0.121. The maximum Gasteiger partial charge on any atom is 0.225 e. The van der Waals surface area contributed by atoms with Gasteiger partial charge in [0.1, 0.15) is 11.3 Å². The van der Waals surface area contributed by atoms with Crippen molar-refractivity contribution in [1.29, 1.82) is 0 Å². The van der Waals surface area contributed by atoms with Crippen LogP contribution in [0.15, 0.2) is 78.0 Å². The molecule has 9 nitrogen and oxygen atoms in total. The van der Waals surface area contributed by atoms with Crippen molar-refractivity contribution in [3.05, 3.63) is 112 Å². The molecule has 2 aromatic heterocycles. The van der Waals surface area contributed by atoms with E-state index in [1.807, 2.05) is 49.7 Å². The van der Waals surface area contributed by atoms with Gasteiger partial charge in [0.2, 0.25) is 5.91 Å². The van der Waals surface area contributed by atoms with Crippen LogP contribution in [0.4, 0.5) is 10.1 Å². The minimum atomic E-state index is -3.45. The molecule has 0 spiro atoms. The number of pyridine rings is 1. The number of hydrogen-bond donors (Lipinski definition) is 3. The fraction of sp³-hybridized carbons (Fsp3) is 0.314. The Morgan fingerprint density at radius 1 is 1.13 bits per heavy atom. The quantitative estimate of drug-likeness (QED) is 0.161. The first-order valence-electron chi connectivity index (χ1n) is 15.5. The van der Waals surface area contributed by atoms with E-state index in [1.165, 1.54) is 12.1 Å². The lowest BCUT2D eigenvalue weighted by Crippen LogP contribution is -2.30. The first-order chi connectivity index (χ1) is 22.0. The summed E-state index contributed by atoms with van der Waals surface area (Å²) in [4.78, 5) is 17.9. The topological polar surface area (TPSA) is 116 Å². The lowest BCUT2D eigenvalue weighted by Gasteiger charge is -2.43. The monoisotopic (exact) mass is 642 g/mol. The minimum Gasteiger partial charge on any atom is -0.325 e. The van der Waals surface area contributed by atoms with Gasteiger partial charge in [0.25, 0.3) is 0 Å². The molecule has 1 aliphatic heterocycles. The second kappa shape index (κ2) is 12.9. The standard InChI is InChI=1S/C35H39FN6O3S/c1-5-42-32-13-12-30(24(4)35(32)39-40-42)31(18-34(43)38-29-7-6-14-37-19-29)25-9-8-23(3)27(16-25)21-41-20-22(2)15-26-10-11-28(36)17-33(26)46(41,44)45/h6-14,16-17,19,22,31,44-45H,5,15,18,20-21H2,1-4H3,(H,38,43). The average Bonchev–Trinajstić information content (AvgIpc) is 3.43. The molecule has 2 atom stereocenters. The molecular formula is C35H39FN6O3S. The van der Waals surface area contributed by atoms with Gasteiger partial charge in [0, 0.05) is 38.2 Å². The maximum absolute atomic E-state index is 14.3. The molecule has 1 aliphatic rings. The van der Waals surface area contributed by atoms with Crippen LogP contribution >= 0.6 is 10.8 Å². The highest BCUT2D eigenvalue weighted by Crippen LogP contribution is 2.56. The summed E-state index contributed by atoms with van der Waals surface area (Å²) in [7, 11) is -3.45. The van der Waals surface area contributed by atoms with Crippen molar-refractivity contribution in [2.45, 2.75) is 64.4 Å². The summed E-state index contributed by atoms with van der Waals surface area (Å²) in [5, 5.41) is 11.7.